The maximum atomic E-state index is 5.20. The number of pyridine rings is 1. The van der Waals surface area contributed by atoms with Crippen molar-refractivity contribution in [1.82, 2.24) is 4.98 Å². The van der Waals surface area contributed by atoms with Gasteiger partial charge in [0.1, 0.15) is 0 Å². The molecule has 0 bridgehead atoms. The number of aromatic nitrogens is 1. The van der Waals surface area contributed by atoms with Crippen LogP contribution in [-0.4, -0.2) is 4.98 Å². The summed E-state index contributed by atoms with van der Waals surface area (Å²) in [5.74, 6) is 0. The van der Waals surface area contributed by atoms with Gasteiger partial charge in [-0.15, -0.1) is 0 Å². The lowest BCUT2D eigenvalue weighted by Gasteiger charge is -2.12. The van der Waals surface area contributed by atoms with Crippen LogP contribution in [0, 0.1) is 0 Å². The van der Waals surface area contributed by atoms with E-state index in [4.69, 9.17) is 4.98 Å². The molecule has 46 heavy (non-hydrogen) atoms. The molecule has 0 aliphatic carbocycles. The minimum Gasteiger partial charge on any atom is -0.248 e. The lowest BCUT2D eigenvalue weighted by molar-refractivity contribution is 1.32. The van der Waals surface area contributed by atoms with Gasteiger partial charge >= 0.3 is 0 Å². The molecular formula is C45H31N. The van der Waals surface area contributed by atoms with Gasteiger partial charge in [-0.3, -0.25) is 0 Å². The molecule has 0 N–H and O–H groups in total. The van der Waals surface area contributed by atoms with Gasteiger partial charge in [0.15, 0.2) is 0 Å². The zero-order valence-corrected chi connectivity index (χ0v) is 25.3. The highest BCUT2D eigenvalue weighted by atomic mass is 14.7. The molecule has 8 aromatic rings. The first-order chi connectivity index (χ1) is 22.8. The van der Waals surface area contributed by atoms with Crippen molar-refractivity contribution in [2.75, 3.05) is 0 Å². The van der Waals surface area contributed by atoms with Crippen LogP contribution in [0.4, 0.5) is 0 Å². The third-order valence-electron chi connectivity index (χ3n) is 8.72. The Hall–Kier alpha value is -6.05. The number of fused-ring (bicyclic) bond motifs is 1. The van der Waals surface area contributed by atoms with Crippen molar-refractivity contribution in [2.24, 2.45) is 0 Å². The summed E-state index contributed by atoms with van der Waals surface area (Å²) in [6.07, 6.45) is 0. The molecule has 216 valence electrons. The molecule has 0 saturated heterocycles. The standard InChI is InChI=1S/C45H31N/c1-3-10-32(11-4-1)34-20-26-39(27-21-34)44-30-41(31-45(46-44)40-28-22-35(23-29-40)33-12-5-2-6-13-33)36-18-24-38(25-19-36)43-17-9-15-37-14-7-8-16-42(37)43/h1-31H. The summed E-state index contributed by atoms with van der Waals surface area (Å²) >= 11 is 0. The molecule has 0 aliphatic heterocycles. The Balaban J connectivity index is 1.19. The van der Waals surface area contributed by atoms with Crippen LogP contribution < -0.4 is 0 Å². The average molecular weight is 586 g/mol. The quantitative estimate of drug-likeness (QED) is 0.189. The van der Waals surface area contributed by atoms with Gasteiger partial charge in [-0.2, -0.15) is 0 Å². The number of nitrogens with zero attached hydrogens (tertiary/aromatic N) is 1. The molecule has 1 nitrogen and oxygen atoms in total. The van der Waals surface area contributed by atoms with E-state index in [0.717, 1.165) is 33.6 Å². The van der Waals surface area contributed by atoms with E-state index in [-0.39, 0.29) is 0 Å². The van der Waals surface area contributed by atoms with Gasteiger partial charge < -0.3 is 0 Å². The van der Waals surface area contributed by atoms with E-state index in [1.54, 1.807) is 0 Å². The molecule has 1 aromatic heterocycles. The summed E-state index contributed by atoms with van der Waals surface area (Å²) in [5, 5.41) is 2.52. The summed E-state index contributed by atoms with van der Waals surface area (Å²) in [6, 6.07) is 66.9. The van der Waals surface area contributed by atoms with Crippen molar-refractivity contribution in [3.8, 4) is 67.0 Å². The van der Waals surface area contributed by atoms with E-state index in [2.05, 4.69) is 188 Å². The zero-order valence-electron chi connectivity index (χ0n) is 25.3. The molecule has 0 saturated carbocycles. The second-order valence-corrected chi connectivity index (χ2v) is 11.6. The Morgan fingerprint density at radius 3 is 1.20 bits per heavy atom. The van der Waals surface area contributed by atoms with Crippen LogP contribution in [0.3, 0.4) is 0 Å². The van der Waals surface area contributed by atoms with E-state index in [1.165, 1.54) is 44.2 Å². The monoisotopic (exact) mass is 585 g/mol. The van der Waals surface area contributed by atoms with Crippen LogP contribution in [0.5, 0.6) is 0 Å². The topological polar surface area (TPSA) is 12.9 Å². The van der Waals surface area contributed by atoms with Gasteiger partial charge in [0.25, 0.3) is 0 Å². The van der Waals surface area contributed by atoms with E-state index in [9.17, 15) is 0 Å². The lowest BCUT2D eigenvalue weighted by Crippen LogP contribution is -1.92. The van der Waals surface area contributed by atoms with Crippen molar-refractivity contribution in [3.05, 3.63) is 188 Å². The fourth-order valence-corrected chi connectivity index (χ4v) is 6.24. The molecule has 7 aromatic carbocycles. The fourth-order valence-electron chi connectivity index (χ4n) is 6.24. The largest absolute Gasteiger partial charge is 0.248 e. The maximum absolute atomic E-state index is 5.20. The van der Waals surface area contributed by atoms with Crippen molar-refractivity contribution in [3.63, 3.8) is 0 Å². The first-order valence-corrected chi connectivity index (χ1v) is 15.7. The van der Waals surface area contributed by atoms with Gasteiger partial charge in [0, 0.05) is 11.1 Å². The predicted molar refractivity (Wildman–Crippen MR) is 194 cm³/mol. The predicted octanol–water partition coefficient (Wildman–Crippen LogP) is 12.2. The summed E-state index contributed by atoms with van der Waals surface area (Å²) in [5.41, 5.74) is 13.7. The zero-order chi connectivity index (χ0) is 30.7. The Morgan fingerprint density at radius 2 is 0.652 bits per heavy atom. The molecule has 0 radical (unpaired) electrons. The molecule has 0 aliphatic rings. The highest BCUT2D eigenvalue weighted by Crippen LogP contribution is 2.34. The van der Waals surface area contributed by atoms with Crippen molar-refractivity contribution < 1.29 is 0 Å². The third-order valence-corrected chi connectivity index (χ3v) is 8.72. The van der Waals surface area contributed by atoms with Crippen LogP contribution in [0.25, 0.3) is 77.8 Å². The molecule has 1 heterocycles. The Morgan fingerprint density at radius 1 is 0.261 bits per heavy atom. The van der Waals surface area contributed by atoms with Crippen LogP contribution in [0.1, 0.15) is 0 Å². The highest BCUT2D eigenvalue weighted by molar-refractivity contribution is 5.97. The van der Waals surface area contributed by atoms with Gasteiger partial charge in [-0.25, -0.2) is 4.98 Å². The molecule has 1 heteroatoms. The third kappa shape index (κ3) is 5.51. The molecule has 8 rings (SSSR count). The summed E-state index contributed by atoms with van der Waals surface area (Å²) in [7, 11) is 0. The normalized spacial score (nSPS) is 11.0. The molecule has 0 spiro atoms. The summed E-state index contributed by atoms with van der Waals surface area (Å²) in [6.45, 7) is 0. The Kier molecular flexibility index (Phi) is 7.26. The molecule has 0 atom stereocenters. The second kappa shape index (κ2) is 12.1. The molecule has 0 fully saturated rings. The Labute approximate surface area is 270 Å². The second-order valence-electron chi connectivity index (χ2n) is 11.6. The number of rotatable bonds is 6. The number of hydrogen-bond donors (Lipinski definition) is 0. The van der Waals surface area contributed by atoms with Gasteiger partial charge in [0.2, 0.25) is 0 Å². The highest BCUT2D eigenvalue weighted by Gasteiger charge is 2.11. The minimum atomic E-state index is 0.956. The van der Waals surface area contributed by atoms with Crippen molar-refractivity contribution in [1.29, 1.82) is 0 Å². The first kappa shape index (κ1) is 27.5. The fraction of sp³-hybridized carbons (Fsp3) is 0. The lowest BCUT2D eigenvalue weighted by atomic mass is 9.95. The molecule has 0 amide bonds. The Bertz CT molecular complexity index is 2140. The smallest absolute Gasteiger partial charge is 0.0715 e. The number of benzene rings is 7. The van der Waals surface area contributed by atoms with E-state index in [0.29, 0.717) is 0 Å². The van der Waals surface area contributed by atoms with E-state index in [1.807, 2.05) is 0 Å². The minimum absolute atomic E-state index is 0.956. The SMILES string of the molecule is c1ccc(-c2ccc(-c3cc(-c4ccc(-c5cccc6ccccc56)cc4)cc(-c4ccc(-c5ccccc5)cc4)n3)cc2)cc1. The number of hydrogen-bond acceptors (Lipinski definition) is 1. The summed E-state index contributed by atoms with van der Waals surface area (Å²) < 4.78 is 0. The van der Waals surface area contributed by atoms with Crippen LogP contribution in [0.15, 0.2) is 188 Å². The van der Waals surface area contributed by atoms with Gasteiger partial charge in [-0.05, 0) is 67.4 Å². The first-order valence-electron chi connectivity index (χ1n) is 15.7. The van der Waals surface area contributed by atoms with Crippen LogP contribution in [0.2, 0.25) is 0 Å². The van der Waals surface area contributed by atoms with Crippen molar-refractivity contribution >= 4 is 10.8 Å². The molecular weight excluding hydrogens is 555 g/mol. The van der Waals surface area contributed by atoms with Crippen molar-refractivity contribution in [2.45, 2.75) is 0 Å². The summed E-state index contributed by atoms with van der Waals surface area (Å²) in [4.78, 5) is 5.20. The van der Waals surface area contributed by atoms with Crippen LogP contribution >= 0.6 is 0 Å². The van der Waals surface area contributed by atoms with Gasteiger partial charge in [-0.1, -0.05) is 176 Å². The van der Waals surface area contributed by atoms with E-state index < -0.39 is 0 Å². The van der Waals surface area contributed by atoms with Crippen LogP contribution in [-0.2, 0) is 0 Å². The van der Waals surface area contributed by atoms with Gasteiger partial charge in [0.05, 0.1) is 11.4 Å². The van der Waals surface area contributed by atoms with E-state index >= 15 is 0 Å². The average Bonchev–Trinajstić information content (AvgIpc) is 3.15. The molecule has 0 unspecified atom stereocenters. The maximum Gasteiger partial charge on any atom is 0.0715 e.